The third-order valence-electron chi connectivity index (χ3n) is 6.54. The van der Waals surface area contributed by atoms with Gasteiger partial charge in [0, 0.05) is 36.1 Å². The maximum Gasteiger partial charge on any atom is 0.129 e. The van der Waals surface area contributed by atoms with Gasteiger partial charge in [-0.2, -0.15) is 0 Å². The number of ether oxygens (including phenoxy) is 2. The van der Waals surface area contributed by atoms with Gasteiger partial charge >= 0.3 is 0 Å². The standard InChI is InChI=1S/C28H30N2O2/c1-31-26-12-6-5-10-22(26)14-16-30-17-15-23(19-30)24-18-29-25-11-7-13-27(28(24)25)32-20-21-8-3-2-4-9-21/h2-13,18,23,29H,14-17,19-20H2,1H3. The Morgan fingerprint density at radius 2 is 1.75 bits per heavy atom. The highest BCUT2D eigenvalue weighted by atomic mass is 16.5. The lowest BCUT2D eigenvalue weighted by atomic mass is 9.97. The lowest BCUT2D eigenvalue weighted by Gasteiger charge is -2.17. The molecule has 0 aliphatic carbocycles. The van der Waals surface area contributed by atoms with E-state index in [-0.39, 0.29) is 0 Å². The molecule has 1 atom stereocenters. The quantitative estimate of drug-likeness (QED) is 0.388. The van der Waals surface area contributed by atoms with Crippen molar-refractivity contribution in [3.63, 3.8) is 0 Å². The van der Waals surface area contributed by atoms with Crippen LogP contribution in [0.3, 0.4) is 0 Å². The zero-order valence-corrected chi connectivity index (χ0v) is 18.6. The smallest absolute Gasteiger partial charge is 0.129 e. The summed E-state index contributed by atoms with van der Waals surface area (Å²) in [5, 5.41) is 1.24. The molecular formula is C28H30N2O2. The summed E-state index contributed by atoms with van der Waals surface area (Å²) in [6.45, 7) is 3.84. The molecule has 1 aliphatic rings. The SMILES string of the molecule is COc1ccccc1CCN1CCC(c2c[nH]c3cccc(OCc4ccccc4)c23)C1. The van der Waals surface area contributed by atoms with Crippen molar-refractivity contribution in [2.45, 2.75) is 25.4 Å². The molecule has 4 heteroatoms. The zero-order valence-electron chi connectivity index (χ0n) is 18.6. The van der Waals surface area contributed by atoms with Crippen molar-refractivity contribution in [2.24, 2.45) is 0 Å². The lowest BCUT2D eigenvalue weighted by molar-refractivity contribution is 0.309. The molecule has 5 rings (SSSR count). The Morgan fingerprint density at radius 3 is 2.62 bits per heavy atom. The van der Waals surface area contributed by atoms with Crippen LogP contribution in [0.1, 0.15) is 29.0 Å². The van der Waals surface area contributed by atoms with Crippen molar-refractivity contribution in [2.75, 3.05) is 26.7 Å². The number of para-hydroxylation sites is 1. The van der Waals surface area contributed by atoms with Crippen molar-refractivity contribution in [1.29, 1.82) is 0 Å². The number of aromatic amines is 1. The van der Waals surface area contributed by atoms with Crippen LogP contribution in [0.15, 0.2) is 79.0 Å². The van der Waals surface area contributed by atoms with Crippen molar-refractivity contribution >= 4 is 10.9 Å². The number of methoxy groups -OCH3 is 1. The van der Waals surface area contributed by atoms with Gasteiger partial charge in [0.25, 0.3) is 0 Å². The summed E-state index contributed by atoms with van der Waals surface area (Å²) in [5.74, 6) is 2.47. The number of benzene rings is 3. The molecule has 1 saturated heterocycles. The van der Waals surface area contributed by atoms with Crippen LogP contribution in [-0.2, 0) is 13.0 Å². The van der Waals surface area contributed by atoms with Crippen LogP contribution in [0.4, 0.5) is 0 Å². The molecule has 32 heavy (non-hydrogen) atoms. The highest BCUT2D eigenvalue weighted by Gasteiger charge is 2.27. The van der Waals surface area contributed by atoms with Crippen LogP contribution < -0.4 is 9.47 Å². The predicted molar refractivity (Wildman–Crippen MR) is 130 cm³/mol. The maximum atomic E-state index is 6.27. The molecule has 164 valence electrons. The number of nitrogens with zero attached hydrogens (tertiary/aromatic N) is 1. The second kappa shape index (κ2) is 9.49. The number of aromatic nitrogens is 1. The summed E-state index contributed by atoms with van der Waals surface area (Å²) in [5.41, 5.74) is 4.99. The van der Waals surface area contributed by atoms with E-state index in [1.165, 1.54) is 28.5 Å². The van der Waals surface area contributed by atoms with Crippen LogP contribution in [-0.4, -0.2) is 36.6 Å². The molecule has 0 bridgehead atoms. The van der Waals surface area contributed by atoms with E-state index in [1.54, 1.807) is 7.11 Å². The largest absolute Gasteiger partial charge is 0.496 e. The summed E-state index contributed by atoms with van der Waals surface area (Å²) in [6.07, 6.45) is 4.37. The average molecular weight is 427 g/mol. The highest BCUT2D eigenvalue weighted by molar-refractivity contribution is 5.89. The van der Waals surface area contributed by atoms with Gasteiger partial charge in [-0.25, -0.2) is 0 Å². The monoisotopic (exact) mass is 426 g/mol. The summed E-state index contributed by atoms with van der Waals surface area (Å²) < 4.78 is 11.8. The summed E-state index contributed by atoms with van der Waals surface area (Å²) >= 11 is 0. The number of likely N-dealkylation sites (tertiary alicyclic amines) is 1. The van der Waals surface area contributed by atoms with Crippen LogP contribution in [0.5, 0.6) is 11.5 Å². The number of H-pyrrole nitrogens is 1. The first-order valence-corrected chi connectivity index (χ1v) is 11.4. The molecule has 1 unspecified atom stereocenters. The Labute approximate surface area is 189 Å². The summed E-state index contributed by atoms with van der Waals surface area (Å²) in [6, 6.07) is 25.0. The van der Waals surface area contributed by atoms with Gasteiger partial charge < -0.3 is 19.4 Å². The third kappa shape index (κ3) is 4.37. The second-order valence-corrected chi connectivity index (χ2v) is 8.55. The Kier molecular flexibility index (Phi) is 6.13. The first-order valence-electron chi connectivity index (χ1n) is 11.4. The van der Waals surface area contributed by atoms with E-state index in [1.807, 2.05) is 18.2 Å². The normalized spacial score (nSPS) is 16.5. The van der Waals surface area contributed by atoms with Gasteiger partial charge in [-0.3, -0.25) is 0 Å². The van der Waals surface area contributed by atoms with E-state index in [4.69, 9.17) is 9.47 Å². The first kappa shape index (κ1) is 20.7. The van der Waals surface area contributed by atoms with Gasteiger partial charge in [-0.05, 0) is 54.3 Å². The molecule has 1 aromatic heterocycles. The highest BCUT2D eigenvalue weighted by Crippen LogP contribution is 2.37. The fourth-order valence-corrected chi connectivity index (χ4v) is 4.83. The van der Waals surface area contributed by atoms with E-state index < -0.39 is 0 Å². The van der Waals surface area contributed by atoms with Gasteiger partial charge in [0.15, 0.2) is 0 Å². The molecule has 0 spiro atoms. The molecule has 2 heterocycles. The first-order chi connectivity index (χ1) is 15.8. The topological polar surface area (TPSA) is 37.5 Å². The van der Waals surface area contributed by atoms with Crippen LogP contribution in [0, 0.1) is 0 Å². The number of hydrogen-bond donors (Lipinski definition) is 1. The van der Waals surface area contributed by atoms with Crippen LogP contribution >= 0.6 is 0 Å². The van der Waals surface area contributed by atoms with Crippen molar-refractivity contribution in [3.8, 4) is 11.5 Å². The Hall–Kier alpha value is -3.24. The van der Waals surface area contributed by atoms with Gasteiger partial charge in [-0.15, -0.1) is 0 Å². The number of nitrogens with one attached hydrogen (secondary N) is 1. The second-order valence-electron chi connectivity index (χ2n) is 8.55. The molecule has 0 radical (unpaired) electrons. The Bertz CT molecular complexity index is 1170. The minimum Gasteiger partial charge on any atom is -0.496 e. The third-order valence-corrected chi connectivity index (χ3v) is 6.54. The predicted octanol–water partition coefficient (Wildman–Crippen LogP) is 5.79. The molecule has 0 saturated carbocycles. The number of rotatable bonds is 8. The number of hydrogen-bond acceptors (Lipinski definition) is 3. The minimum atomic E-state index is 0.517. The molecule has 1 aliphatic heterocycles. The van der Waals surface area contributed by atoms with Crippen molar-refractivity contribution < 1.29 is 9.47 Å². The minimum absolute atomic E-state index is 0.517. The molecule has 4 aromatic rings. The van der Waals surface area contributed by atoms with E-state index in [0.29, 0.717) is 12.5 Å². The van der Waals surface area contributed by atoms with Crippen molar-refractivity contribution in [1.82, 2.24) is 9.88 Å². The fourth-order valence-electron chi connectivity index (χ4n) is 4.83. The Balaban J connectivity index is 1.29. The maximum absolute atomic E-state index is 6.27. The van der Waals surface area contributed by atoms with Gasteiger partial charge in [0.05, 0.1) is 7.11 Å². The van der Waals surface area contributed by atoms with E-state index in [2.05, 4.69) is 70.7 Å². The molecule has 1 fully saturated rings. The average Bonchev–Trinajstić information content (AvgIpc) is 3.49. The van der Waals surface area contributed by atoms with E-state index in [0.717, 1.165) is 43.1 Å². The van der Waals surface area contributed by atoms with E-state index >= 15 is 0 Å². The summed E-state index contributed by atoms with van der Waals surface area (Å²) in [4.78, 5) is 6.05. The number of fused-ring (bicyclic) bond motifs is 1. The van der Waals surface area contributed by atoms with Crippen molar-refractivity contribution in [3.05, 3.63) is 95.7 Å². The van der Waals surface area contributed by atoms with E-state index in [9.17, 15) is 0 Å². The molecule has 1 N–H and O–H groups in total. The lowest BCUT2D eigenvalue weighted by Crippen LogP contribution is -2.23. The summed E-state index contributed by atoms with van der Waals surface area (Å²) in [7, 11) is 1.75. The van der Waals surface area contributed by atoms with Gasteiger partial charge in [-0.1, -0.05) is 54.6 Å². The van der Waals surface area contributed by atoms with Gasteiger partial charge in [0.2, 0.25) is 0 Å². The van der Waals surface area contributed by atoms with Crippen LogP contribution in [0.25, 0.3) is 10.9 Å². The Morgan fingerprint density at radius 1 is 0.938 bits per heavy atom. The zero-order chi connectivity index (χ0) is 21.8. The molecule has 0 amide bonds. The fraction of sp³-hybridized carbons (Fsp3) is 0.286. The van der Waals surface area contributed by atoms with Gasteiger partial charge in [0.1, 0.15) is 18.1 Å². The van der Waals surface area contributed by atoms with Crippen LogP contribution in [0.2, 0.25) is 0 Å². The molecule has 3 aromatic carbocycles. The molecule has 4 nitrogen and oxygen atoms in total. The molecular weight excluding hydrogens is 396 g/mol.